The number of H-pyrrole nitrogens is 4. The third-order valence-electron chi connectivity index (χ3n) is 5.41. The SMILES string of the molecule is CCOc1cc(C(c2c(C)[nH][nH]c2=O)c2c(C)[nH][nH]c2=O)ccc1OC(=O)c1ccccc1.Cl. The zero-order valence-electron chi connectivity index (χ0n) is 18.9. The number of nitrogens with one attached hydrogen (secondary N) is 4. The van der Waals surface area contributed by atoms with Gasteiger partial charge in [-0.15, -0.1) is 12.4 Å². The summed E-state index contributed by atoms with van der Waals surface area (Å²) in [4.78, 5) is 37.8. The zero-order valence-corrected chi connectivity index (χ0v) is 19.7. The van der Waals surface area contributed by atoms with E-state index in [2.05, 4.69) is 20.4 Å². The molecular formula is C24H25ClN4O5. The Kier molecular flexibility index (Phi) is 7.47. The van der Waals surface area contributed by atoms with E-state index in [9.17, 15) is 14.4 Å². The van der Waals surface area contributed by atoms with E-state index < -0.39 is 11.9 Å². The van der Waals surface area contributed by atoms with Crippen LogP contribution in [0.2, 0.25) is 0 Å². The average molecular weight is 485 g/mol. The molecule has 0 aliphatic rings. The molecule has 4 rings (SSSR count). The zero-order chi connectivity index (χ0) is 23.5. The van der Waals surface area contributed by atoms with Crippen LogP contribution in [0.25, 0.3) is 0 Å². The van der Waals surface area contributed by atoms with Gasteiger partial charge in [0.2, 0.25) is 0 Å². The number of ether oxygens (including phenoxy) is 2. The molecule has 0 radical (unpaired) electrons. The first-order valence-corrected chi connectivity index (χ1v) is 10.5. The number of hydrogen-bond acceptors (Lipinski definition) is 5. The second-order valence-corrected chi connectivity index (χ2v) is 7.56. The smallest absolute Gasteiger partial charge is 0.343 e. The molecule has 0 aliphatic carbocycles. The van der Waals surface area contributed by atoms with Crippen molar-refractivity contribution >= 4 is 18.4 Å². The first-order chi connectivity index (χ1) is 15.9. The van der Waals surface area contributed by atoms with E-state index in [1.54, 1.807) is 56.3 Å². The number of benzene rings is 2. The number of aryl methyl sites for hydroxylation is 2. The van der Waals surface area contributed by atoms with Crippen LogP contribution in [0.5, 0.6) is 11.5 Å². The van der Waals surface area contributed by atoms with Crippen molar-refractivity contribution in [3.63, 3.8) is 0 Å². The Labute approximate surface area is 200 Å². The van der Waals surface area contributed by atoms with Crippen molar-refractivity contribution in [1.29, 1.82) is 0 Å². The quantitative estimate of drug-likeness (QED) is 0.235. The van der Waals surface area contributed by atoms with Gasteiger partial charge < -0.3 is 19.7 Å². The van der Waals surface area contributed by atoms with Gasteiger partial charge in [-0.25, -0.2) is 4.79 Å². The number of esters is 1. The fraction of sp³-hybridized carbons (Fsp3) is 0.208. The Morgan fingerprint density at radius 2 is 1.44 bits per heavy atom. The first kappa shape index (κ1) is 24.7. The van der Waals surface area contributed by atoms with Gasteiger partial charge in [-0.05, 0) is 50.6 Å². The molecule has 0 unspecified atom stereocenters. The summed E-state index contributed by atoms with van der Waals surface area (Å²) in [5.41, 5.74) is 2.46. The lowest BCUT2D eigenvalue weighted by Crippen LogP contribution is -2.20. The summed E-state index contributed by atoms with van der Waals surface area (Å²) < 4.78 is 11.3. The van der Waals surface area contributed by atoms with Crippen LogP contribution in [-0.2, 0) is 0 Å². The van der Waals surface area contributed by atoms with Crippen molar-refractivity contribution in [3.8, 4) is 11.5 Å². The molecule has 0 bridgehead atoms. The van der Waals surface area contributed by atoms with E-state index in [1.807, 2.05) is 13.0 Å². The Hall–Kier alpha value is -3.98. The Balaban J connectivity index is 0.00000324. The van der Waals surface area contributed by atoms with E-state index >= 15 is 0 Å². The highest BCUT2D eigenvalue weighted by Crippen LogP contribution is 2.37. The maximum absolute atomic E-state index is 12.6. The van der Waals surface area contributed by atoms with E-state index in [0.29, 0.717) is 46.0 Å². The third kappa shape index (κ3) is 4.69. The van der Waals surface area contributed by atoms with Crippen molar-refractivity contribution in [1.82, 2.24) is 20.4 Å². The topological polar surface area (TPSA) is 133 Å². The minimum atomic E-state index is -0.673. The van der Waals surface area contributed by atoms with E-state index in [4.69, 9.17) is 9.47 Å². The third-order valence-corrected chi connectivity index (χ3v) is 5.41. The highest BCUT2D eigenvalue weighted by Gasteiger charge is 2.29. The number of halogens is 1. The lowest BCUT2D eigenvalue weighted by atomic mass is 9.85. The van der Waals surface area contributed by atoms with Crippen LogP contribution in [0.3, 0.4) is 0 Å². The lowest BCUT2D eigenvalue weighted by molar-refractivity contribution is 0.0728. The molecule has 34 heavy (non-hydrogen) atoms. The highest BCUT2D eigenvalue weighted by atomic mass is 35.5. The Morgan fingerprint density at radius 1 is 0.853 bits per heavy atom. The van der Waals surface area contributed by atoms with Gasteiger partial charge in [-0.3, -0.25) is 19.8 Å². The molecule has 178 valence electrons. The summed E-state index contributed by atoms with van der Waals surface area (Å²) in [5.74, 6) is -0.615. The molecule has 0 atom stereocenters. The number of hydrogen-bond donors (Lipinski definition) is 4. The van der Waals surface area contributed by atoms with E-state index in [-0.39, 0.29) is 29.3 Å². The maximum Gasteiger partial charge on any atom is 0.343 e. The monoisotopic (exact) mass is 484 g/mol. The second-order valence-electron chi connectivity index (χ2n) is 7.56. The summed E-state index contributed by atoms with van der Waals surface area (Å²) in [6, 6.07) is 13.7. The highest BCUT2D eigenvalue weighted by molar-refractivity contribution is 5.91. The standard InChI is InChI=1S/C24H24N4O5.ClH/c1-4-32-18-12-16(10-11-17(18)33-24(31)15-8-6-5-7-9-15)21(19-13(2)25-27-22(19)29)20-14(3)26-28-23(20)30;/h5-12,21H,4H2,1-3H3,(H2,25,27,29)(H2,26,28,30);1H. The number of aromatic nitrogens is 4. The minimum Gasteiger partial charge on any atom is -0.490 e. The molecule has 0 fully saturated rings. The van der Waals surface area contributed by atoms with Gasteiger partial charge >= 0.3 is 5.97 Å². The largest absolute Gasteiger partial charge is 0.490 e. The molecule has 2 aromatic carbocycles. The second kappa shape index (κ2) is 10.3. The minimum absolute atomic E-state index is 0. The van der Waals surface area contributed by atoms with Gasteiger partial charge in [-0.2, -0.15) is 0 Å². The average Bonchev–Trinajstić information content (AvgIpc) is 3.32. The van der Waals surface area contributed by atoms with Gasteiger partial charge in [0.25, 0.3) is 11.1 Å². The van der Waals surface area contributed by atoms with Crippen LogP contribution in [0.15, 0.2) is 58.1 Å². The molecule has 0 saturated carbocycles. The van der Waals surface area contributed by atoms with Gasteiger partial charge in [-0.1, -0.05) is 24.3 Å². The molecule has 10 heteroatoms. The summed E-state index contributed by atoms with van der Waals surface area (Å²) >= 11 is 0. The van der Waals surface area contributed by atoms with Gasteiger partial charge in [0, 0.05) is 17.3 Å². The molecule has 2 aromatic heterocycles. The van der Waals surface area contributed by atoms with Crippen molar-refractivity contribution in [3.05, 3.63) is 103 Å². The summed E-state index contributed by atoms with van der Waals surface area (Å²) in [6.45, 7) is 5.66. The summed E-state index contributed by atoms with van der Waals surface area (Å²) in [7, 11) is 0. The molecule has 0 saturated heterocycles. The number of rotatable bonds is 7. The number of aromatic amines is 4. The molecular weight excluding hydrogens is 460 g/mol. The van der Waals surface area contributed by atoms with Crippen LogP contribution < -0.4 is 20.6 Å². The van der Waals surface area contributed by atoms with E-state index in [1.165, 1.54) is 0 Å². The van der Waals surface area contributed by atoms with E-state index in [0.717, 1.165) is 0 Å². The van der Waals surface area contributed by atoms with Crippen molar-refractivity contribution in [2.45, 2.75) is 26.7 Å². The Bertz CT molecular complexity index is 1350. The molecule has 4 N–H and O–H groups in total. The summed E-state index contributed by atoms with van der Waals surface area (Å²) in [5, 5.41) is 10.8. The lowest BCUT2D eigenvalue weighted by Gasteiger charge is -2.18. The predicted molar refractivity (Wildman–Crippen MR) is 130 cm³/mol. The van der Waals surface area contributed by atoms with Crippen molar-refractivity contribution in [2.75, 3.05) is 6.61 Å². The van der Waals surface area contributed by atoms with Crippen LogP contribution >= 0.6 is 12.4 Å². The molecule has 4 aromatic rings. The predicted octanol–water partition coefficient (Wildman–Crippen LogP) is 3.56. The molecule has 0 amide bonds. The maximum atomic E-state index is 12.6. The van der Waals surface area contributed by atoms with Crippen LogP contribution in [0, 0.1) is 13.8 Å². The van der Waals surface area contributed by atoms with Gasteiger partial charge in [0.05, 0.1) is 23.3 Å². The first-order valence-electron chi connectivity index (χ1n) is 10.5. The normalized spacial score (nSPS) is 10.7. The fourth-order valence-electron chi connectivity index (χ4n) is 3.87. The summed E-state index contributed by atoms with van der Waals surface area (Å²) in [6.07, 6.45) is 0. The fourth-order valence-corrected chi connectivity index (χ4v) is 3.87. The number of carbonyl (C=O) groups excluding carboxylic acids is 1. The molecule has 2 heterocycles. The number of carbonyl (C=O) groups is 1. The molecule has 0 spiro atoms. The van der Waals surface area contributed by atoms with Crippen LogP contribution in [0.1, 0.15) is 51.3 Å². The molecule has 0 aliphatic heterocycles. The van der Waals surface area contributed by atoms with Crippen LogP contribution in [-0.4, -0.2) is 33.0 Å². The van der Waals surface area contributed by atoms with Gasteiger partial charge in [0.1, 0.15) is 0 Å². The van der Waals surface area contributed by atoms with Crippen molar-refractivity contribution in [2.24, 2.45) is 0 Å². The van der Waals surface area contributed by atoms with Gasteiger partial charge in [0.15, 0.2) is 11.5 Å². The van der Waals surface area contributed by atoms with Crippen LogP contribution in [0.4, 0.5) is 0 Å². The van der Waals surface area contributed by atoms with Crippen molar-refractivity contribution < 1.29 is 14.3 Å². The molecule has 9 nitrogen and oxygen atoms in total. The Morgan fingerprint density at radius 3 is 1.94 bits per heavy atom.